The third-order valence-corrected chi connectivity index (χ3v) is 5.24. The molecule has 3 rings (SSSR count). The molecule has 1 aromatic carbocycles. The van der Waals surface area contributed by atoms with Crippen molar-refractivity contribution < 1.29 is 14.4 Å². The Bertz CT molecular complexity index is 699. The molecule has 1 aromatic rings. The van der Waals surface area contributed by atoms with Crippen molar-refractivity contribution in [2.24, 2.45) is 0 Å². The van der Waals surface area contributed by atoms with E-state index in [1.54, 1.807) is 31.2 Å². The van der Waals surface area contributed by atoms with E-state index in [2.05, 4.69) is 10.6 Å². The molecule has 1 spiro atoms. The zero-order valence-electron chi connectivity index (χ0n) is 14.2. The van der Waals surface area contributed by atoms with Crippen LogP contribution >= 0.6 is 11.6 Å². The summed E-state index contributed by atoms with van der Waals surface area (Å²) in [5, 5.41) is 6.06. The monoisotopic (exact) mass is 363 g/mol. The van der Waals surface area contributed by atoms with Gasteiger partial charge in [0, 0.05) is 10.7 Å². The topological polar surface area (TPSA) is 78.5 Å². The van der Waals surface area contributed by atoms with Crippen LogP contribution in [0.2, 0.25) is 5.02 Å². The van der Waals surface area contributed by atoms with Gasteiger partial charge in [0.2, 0.25) is 5.91 Å². The van der Waals surface area contributed by atoms with Crippen LogP contribution < -0.4 is 10.6 Å². The Morgan fingerprint density at radius 2 is 1.92 bits per heavy atom. The lowest BCUT2D eigenvalue weighted by Gasteiger charge is -2.26. The minimum absolute atomic E-state index is 0.284. The van der Waals surface area contributed by atoms with Gasteiger partial charge in [-0.05, 0) is 38.0 Å². The third kappa shape index (κ3) is 3.49. The van der Waals surface area contributed by atoms with Gasteiger partial charge in [0.1, 0.15) is 11.6 Å². The summed E-state index contributed by atoms with van der Waals surface area (Å²) in [6.45, 7) is 1.56. The molecular weight excluding hydrogens is 342 g/mol. The summed E-state index contributed by atoms with van der Waals surface area (Å²) in [6, 6.07) is 5.36. The second kappa shape index (κ2) is 7.04. The number of imide groups is 1. The van der Waals surface area contributed by atoms with Crippen LogP contribution in [0.25, 0.3) is 0 Å². The first-order valence-electron chi connectivity index (χ1n) is 8.65. The Morgan fingerprint density at radius 1 is 1.24 bits per heavy atom. The second-order valence-corrected chi connectivity index (χ2v) is 7.21. The van der Waals surface area contributed by atoms with E-state index in [0.717, 1.165) is 30.6 Å². The molecule has 1 saturated heterocycles. The molecular formula is C18H22ClN3O3. The van der Waals surface area contributed by atoms with Gasteiger partial charge in [0.25, 0.3) is 5.91 Å². The molecule has 1 aliphatic carbocycles. The molecule has 2 fully saturated rings. The summed E-state index contributed by atoms with van der Waals surface area (Å²) in [5.41, 5.74) is -0.307. The number of benzene rings is 1. The standard InChI is InChI=1S/C18H22ClN3O3/c1-12(15(23)20-14-8-6-7-13(19)11-14)22-16(24)18(21-17(22)25)9-4-2-3-5-10-18/h6-8,11-12H,2-5,9-10H2,1H3,(H,20,23)(H,21,25)/t12-/m0/s1. The number of carbonyl (C=O) groups is 3. The average molecular weight is 364 g/mol. The van der Waals surface area contributed by atoms with Gasteiger partial charge in [0.05, 0.1) is 0 Å². The zero-order chi connectivity index (χ0) is 18.0. The second-order valence-electron chi connectivity index (χ2n) is 6.78. The highest BCUT2D eigenvalue weighted by atomic mass is 35.5. The predicted octanol–water partition coefficient (Wildman–Crippen LogP) is 3.31. The smallest absolute Gasteiger partial charge is 0.324 e. The van der Waals surface area contributed by atoms with Crippen molar-refractivity contribution in [1.29, 1.82) is 0 Å². The molecule has 0 aromatic heterocycles. The highest BCUT2D eigenvalue weighted by molar-refractivity contribution is 6.30. The molecule has 0 bridgehead atoms. The van der Waals surface area contributed by atoms with Crippen LogP contribution in [-0.4, -0.2) is 34.3 Å². The quantitative estimate of drug-likeness (QED) is 0.808. The van der Waals surface area contributed by atoms with Crippen molar-refractivity contribution in [2.75, 3.05) is 5.32 Å². The summed E-state index contributed by atoms with van der Waals surface area (Å²) >= 11 is 5.91. The maximum atomic E-state index is 12.9. The first-order valence-corrected chi connectivity index (χ1v) is 9.03. The van der Waals surface area contributed by atoms with E-state index in [9.17, 15) is 14.4 Å². The Morgan fingerprint density at radius 3 is 2.56 bits per heavy atom. The van der Waals surface area contributed by atoms with Crippen molar-refractivity contribution in [3.05, 3.63) is 29.3 Å². The molecule has 1 saturated carbocycles. The van der Waals surface area contributed by atoms with E-state index in [4.69, 9.17) is 11.6 Å². The Kier molecular flexibility index (Phi) is 4.99. The number of hydrogen-bond acceptors (Lipinski definition) is 3. The minimum Gasteiger partial charge on any atom is -0.324 e. The lowest BCUT2D eigenvalue weighted by Crippen LogP contribution is -2.49. The Labute approximate surface area is 151 Å². The number of nitrogens with zero attached hydrogens (tertiary/aromatic N) is 1. The van der Waals surface area contributed by atoms with E-state index < -0.39 is 23.5 Å². The molecule has 2 N–H and O–H groups in total. The molecule has 1 aliphatic heterocycles. The van der Waals surface area contributed by atoms with Crippen LogP contribution in [0.5, 0.6) is 0 Å². The molecule has 7 heteroatoms. The molecule has 25 heavy (non-hydrogen) atoms. The number of nitrogens with one attached hydrogen (secondary N) is 2. The van der Waals surface area contributed by atoms with E-state index in [0.29, 0.717) is 23.6 Å². The predicted molar refractivity (Wildman–Crippen MR) is 95.4 cm³/mol. The summed E-state index contributed by atoms with van der Waals surface area (Å²) in [6.07, 6.45) is 5.21. The number of hydrogen-bond donors (Lipinski definition) is 2. The van der Waals surface area contributed by atoms with E-state index in [-0.39, 0.29) is 5.91 Å². The fourth-order valence-corrected chi connectivity index (χ4v) is 3.78. The van der Waals surface area contributed by atoms with Crippen LogP contribution in [0.3, 0.4) is 0 Å². The highest BCUT2D eigenvalue weighted by Gasteiger charge is 2.53. The SMILES string of the molecule is C[C@@H](C(=O)Nc1cccc(Cl)c1)N1C(=O)NC2(CCCCCC2)C1=O. The molecule has 6 nitrogen and oxygen atoms in total. The van der Waals surface area contributed by atoms with Gasteiger partial charge < -0.3 is 10.6 Å². The molecule has 0 radical (unpaired) electrons. The number of amides is 4. The molecule has 2 aliphatic rings. The first-order chi connectivity index (χ1) is 11.9. The van der Waals surface area contributed by atoms with Crippen LogP contribution in [0.15, 0.2) is 24.3 Å². The van der Waals surface area contributed by atoms with Crippen molar-refractivity contribution in [3.8, 4) is 0 Å². The maximum absolute atomic E-state index is 12.9. The zero-order valence-corrected chi connectivity index (χ0v) is 14.9. The van der Waals surface area contributed by atoms with Gasteiger partial charge in [-0.3, -0.25) is 9.59 Å². The number of anilines is 1. The highest BCUT2D eigenvalue weighted by Crippen LogP contribution is 2.33. The summed E-state index contributed by atoms with van der Waals surface area (Å²) in [5.74, 6) is -0.704. The maximum Gasteiger partial charge on any atom is 0.325 e. The van der Waals surface area contributed by atoms with Gasteiger partial charge in [-0.15, -0.1) is 0 Å². The van der Waals surface area contributed by atoms with E-state index in [1.165, 1.54) is 0 Å². The van der Waals surface area contributed by atoms with Gasteiger partial charge in [0.15, 0.2) is 0 Å². The summed E-state index contributed by atoms with van der Waals surface area (Å²) in [7, 11) is 0. The average Bonchev–Trinajstić information content (AvgIpc) is 2.72. The lowest BCUT2D eigenvalue weighted by atomic mass is 9.90. The minimum atomic E-state index is -0.894. The molecule has 4 amide bonds. The first kappa shape index (κ1) is 17.7. The van der Waals surface area contributed by atoms with E-state index in [1.807, 2.05) is 0 Å². The van der Waals surface area contributed by atoms with Crippen LogP contribution in [0.1, 0.15) is 45.4 Å². The third-order valence-electron chi connectivity index (χ3n) is 5.01. The van der Waals surface area contributed by atoms with Crippen LogP contribution in [-0.2, 0) is 9.59 Å². The Hall–Kier alpha value is -2.08. The molecule has 1 atom stereocenters. The van der Waals surface area contributed by atoms with Crippen molar-refractivity contribution in [3.63, 3.8) is 0 Å². The number of rotatable bonds is 3. The number of halogens is 1. The van der Waals surface area contributed by atoms with Crippen molar-refractivity contribution in [1.82, 2.24) is 10.2 Å². The van der Waals surface area contributed by atoms with Gasteiger partial charge in [-0.1, -0.05) is 43.4 Å². The van der Waals surface area contributed by atoms with Gasteiger partial charge in [-0.25, -0.2) is 9.69 Å². The number of urea groups is 1. The van der Waals surface area contributed by atoms with Gasteiger partial charge in [-0.2, -0.15) is 0 Å². The fourth-order valence-electron chi connectivity index (χ4n) is 3.59. The largest absolute Gasteiger partial charge is 0.325 e. The van der Waals surface area contributed by atoms with Gasteiger partial charge >= 0.3 is 6.03 Å². The fraction of sp³-hybridized carbons (Fsp3) is 0.500. The van der Waals surface area contributed by atoms with Crippen molar-refractivity contribution in [2.45, 2.75) is 57.0 Å². The molecule has 0 unspecified atom stereocenters. The summed E-state index contributed by atoms with van der Waals surface area (Å²) < 4.78 is 0. The van der Waals surface area contributed by atoms with Crippen LogP contribution in [0, 0.1) is 0 Å². The normalized spacial score (nSPS) is 21.0. The molecule has 1 heterocycles. The van der Waals surface area contributed by atoms with Crippen LogP contribution in [0.4, 0.5) is 10.5 Å². The summed E-state index contributed by atoms with van der Waals surface area (Å²) in [4.78, 5) is 38.9. The van der Waals surface area contributed by atoms with Crippen molar-refractivity contribution >= 4 is 35.1 Å². The van der Waals surface area contributed by atoms with E-state index >= 15 is 0 Å². The Balaban J connectivity index is 1.74. The molecule has 134 valence electrons. The number of carbonyl (C=O) groups excluding carboxylic acids is 3. The lowest BCUT2D eigenvalue weighted by molar-refractivity contribution is -0.136.